The number of benzene rings is 1. The second kappa shape index (κ2) is 5.64. The predicted octanol–water partition coefficient (Wildman–Crippen LogP) is 2.82. The second-order valence-corrected chi connectivity index (χ2v) is 5.94. The summed E-state index contributed by atoms with van der Waals surface area (Å²) in [7, 11) is 0. The maximum absolute atomic E-state index is 12.4. The van der Waals surface area contributed by atoms with Gasteiger partial charge < -0.3 is 10.6 Å². The Kier molecular flexibility index (Phi) is 4.13. The van der Waals surface area contributed by atoms with Crippen LogP contribution in [0.5, 0.6) is 0 Å². The van der Waals surface area contributed by atoms with Gasteiger partial charge in [0.15, 0.2) is 0 Å². The van der Waals surface area contributed by atoms with E-state index in [4.69, 9.17) is 0 Å². The van der Waals surface area contributed by atoms with Crippen molar-refractivity contribution in [2.75, 3.05) is 5.32 Å². The van der Waals surface area contributed by atoms with Gasteiger partial charge in [0.2, 0.25) is 5.91 Å². The number of amides is 1. The van der Waals surface area contributed by atoms with E-state index in [0.717, 1.165) is 12.1 Å². The van der Waals surface area contributed by atoms with Crippen molar-refractivity contribution in [2.24, 2.45) is 11.8 Å². The maximum atomic E-state index is 12.4. The molecule has 0 saturated carbocycles. The van der Waals surface area contributed by atoms with Crippen molar-refractivity contribution in [2.45, 2.75) is 46.2 Å². The highest BCUT2D eigenvalue weighted by Crippen LogP contribution is 2.28. The van der Waals surface area contributed by atoms with Crippen LogP contribution >= 0.6 is 0 Å². The lowest BCUT2D eigenvalue weighted by Gasteiger charge is -2.32. The second-order valence-electron chi connectivity index (χ2n) is 5.94. The van der Waals surface area contributed by atoms with E-state index >= 15 is 0 Å². The summed E-state index contributed by atoms with van der Waals surface area (Å²) in [6.07, 6.45) is 0.820. The molecule has 2 rings (SSSR count). The molecule has 1 amide bonds. The van der Waals surface area contributed by atoms with Crippen molar-refractivity contribution in [3.05, 3.63) is 29.8 Å². The molecule has 0 aromatic heterocycles. The largest absolute Gasteiger partial charge is 0.382 e. The molecule has 3 heteroatoms. The van der Waals surface area contributed by atoms with E-state index in [1.54, 1.807) is 0 Å². The Balaban J connectivity index is 2.08. The number of hydrogen-bond acceptors (Lipinski definition) is 2. The number of carbonyl (C=O) groups is 1. The smallest absolute Gasteiger partial charge is 0.225 e. The van der Waals surface area contributed by atoms with Crippen molar-refractivity contribution in [1.82, 2.24) is 5.32 Å². The molecule has 1 aliphatic rings. The standard InChI is InChI=1S/C16H24N2O/c1-10(2)11(3)18-16(19)14-9-13-7-5-6-8-15(13)17-12(14)4/h5-8,10-12,14,17H,9H2,1-4H3,(H,18,19). The molecule has 0 saturated heterocycles. The van der Waals surface area contributed by atoms with Gasteiger partial charge in [-0.15, -0.1) is 0 Å². The van der Waals surface area contributed by atoms with Crippen LogP contribution in [-0.2, 0) is 11.2 Å². The summed E-state index contributed by atoms with van der Waals surface area (Å²) in [5.41, 5.74) is 2.40. The first-order valence-electron chi connectivity index (χ1n) is 7.14. The molecule has 0 aliphatic carbocycles. The summed E-state index contributed by atoms with van der Waals surface area (Å²) in [4.78, 5) is 12.4. The van der Waals surface area contributed by atoms with Gasteiger partial charge in [-0.2, -0.15) is 0 Å². The number of nitrogens with one attached hydrogen (secondary N) is 2. The average molecular weight is 260 g/mol. The molecule has 3 atom stereocenters. The van der Waals surface area contributed by atoms with E-state index in [-0.39, 0.29) is 23.9 Å². The van der Waals surface area contributed by atoms with E-state index in [0.29, 0.717) is 5.92 Å². The highest BCUT2D eigenvalue weighted by atomic mass is 16.2. The van der Waals surface area contributed by atoms with Gasteiger partial charge in [-0.25, -0.2) is 0 Å². The SMILES string of the molecule is CC(C)C(C)NC(=O)C1Cc2ccccc2NC1C. The molecule has 2 N–H and O–H groups in total. The monoisotopic (exact) mass is 260 g/mol. The number of para-hydroxylation sites is 1. The van der Waals surface area contributed by atoms with Crippen molar-refractivity contribution in [3.63, 3.8) is 0 Å². The number of hydrogen-bond donors (Lipinski definition) is 2. The molecule has 1 aromatic carbocycles. The fraction of sp³-hybridized carbons (Fsp3) is 0.562. The fourth-order valence-corrected chi connectivity index (χ4v) is 2.42. The molecule has 104 valence electrons. The fourth-order valence-electron chi connectivity index (χ4n) is 2.42. The molecular formula is C16H24N2O. The van der Waals surface area contributed by atoms with Gasteiger partial charge >= 0.3 is 0 Å². The normalized spacial score (nSPS) is 23.4. The maximum Gasteiger partial charge on any atom is 0.225 e. The molecule has 1 aliphatic heterocycles. The number of carbonyl (C=O) groups excluding carboxylic acids is 1. The highest BCUT2D eigenvalue weighted by molar-refractivity contribution is 5.81. The summed E-state index contributed by atoms with van der Waals surface area (Å²) >= 11 is 0. The van der Waals surface area contributed by atoms with Crippen LogP contribution in [0.15, 0.2) is 24.3 Å². The summed E-state index contributed by atoms with van der Waals surface area (Å²) in [5.74, 6) is 0.634. The topological polar surface area (TPSA) is 41.1 Å². The van der Waals surface area contributed by atoms with Crippen LogP contribution in [0.4, 0.5) is 5.69 Å². The third-order valence-electron chi connectivity index (χ3n) is 4.15. The van der Waals surface area contributed by atoms with Crippen LogP contribution in [0.25, 0.3) is 0 Å². The van der Waals surface area contributed by atoms with Gasteiger partial charge in [0.1, 0.15) is 0 Å². The lowest BCUT2D eigenvalue weighted by molar-refractivity contribution is -0.126. The molecule has 3 unspecified atom stereocenters. The van der Waals surface area contributed by atoms with E-state index in [9.17, 15) is 4.79 Å². The predicted molar refractivity (Wildman–Crippen MR) is 79.2 cm³/mol. The van der Waals surface area contributed by atoms with Crippen LogP contribution in [0.3, 0.4) is 0 Å². The average Bonchev–Trinajstić information content (AvgIpc) is 2.37. The van der Waals surface area contributed by atoms with Crippen LogP contribution < -0.4 is 10.6 Å². The lowest BCUT2D eigenvalue weighted by Crippen LogP contribution is -2.47. The number of anilines is 1. The van der Waals surface area contributed by atoms with Crippen LogP contribution in [0.1, 0.15) is 33.3 Å². The van der Waals surface area contributed by atoms with E-state index in [1.165, 1.54) is 5.56 Å². The molecule has 1 heterocycles. The molecule has 0 bridgehead atoms. The Labute approximate surface area is 115 Å². The molecule has 19 heavy (non-hydrogen) atoms. The van der Waals surface area contributed by atoms with Gasteiger partial charge in [0, 0.05) is 17.8 Å². The zero-order chi connectivity index (χ0) is 14.0. The summed E-state index contributed by atoms with van der Waals surface area (Å²) in [5, 5.41) is 6.56. The van der Waals surface area contributed by atoms with Crippen molar-refractivity contribution in [1.29, 1.82) is 0 Å². The van der Waals surface area contributed by atoms with Crippen molar-refractivity contribution in [3.8, 4) is 0 Å². The molecule has 0 fully saturated rings. The Hall–Kier alpha value is -1.51. The lowest BCUT2D eigenvalue weighted by atomic mass is 9.87. The third-order valence-corrected chi connectivity index (χ3v) is 4.15. The van der Waals surface area contributed by atoms with E-state index < -0.39 is 0 Å². The summed E-state index contributed by atoms with van der Waals surface area (Å²) < 4.78 is 0. The van der Waals surface area contributed by atoms with Crippen LogP contribution in [0, 0.1) is 11.8 Å². The van der Waals surface area contributed by atoms with Gasteiger partial charge in [-0.3, -0.25) is 4.79 Å². The van der Waals surface area contributed by atoms with Gasteiger partial charge in [-0.1, -0.05) is 32.0 Å². The van der Waals surface area contributed by atoms with Crippen molar-refractivity contribution >= 4 is 11.6 Å². The minimum atomic E-state index is 0.0103. The number of fused-ring (bicyclic) bond motifs is 1. The Morgan fingerprint density at radius 3 is 2.68 bits per heavy atom. The molecule has 1 aromatic rings. The van der Waals surface area contributed by atoms with Gasteiger partial charge in [0.25, 0.3) is 0 Å². The first-order valence-corrected chi connectivity index (χ1v) is 7.14. The zero-order valence-electron chi connectivity index (χ0n) is 12.2. The third kappa shape index (κ3) is 3.09. The quantitative estimate of drug-likeness (QED) is 0.877. The summed E-state index contributed by atoms with van der Waals surface area (Å²) in [6, 6.07) is 8.63. The zero-order valence-corrected chi connectivity index (χ0v) is 12.2. The minimum absolute atomic E-state index is 0.0103. The Bertz CT molecular complexity index is 456. The van der Waals surface area contributed by atoms with E-state index in [1.807, 2.05) is 12.1 Å². The highest BCUT2D eigenvalue weighted by Gasteiger charge is 2.31. The first kappa shape index (κ1) is 13.9. The Morgan fingerprint density at radius 1 is 1.32 bits per heavy atom. The van der Waals surface area contributed by atoms with Crippen LogP contribution in [-0.4, -0.2) is 18.0 Å². The molecule has 3 nitrogen and oxygen atoms in total. The van der Waals surface area contributed by atoms with Gasteiger partial charge in [-0.05, 0) is 37.8 Å². The van der Waals surface area contributed by atoms with Crippen molar-refractivity contribution < 1.29 is 4.79 Å². The molecule has 0 spiro atoms. The van der Waals surface area contributed by atoms with E-state index in [2.05, 4.69) is 50.5 Å². The minimum Gasteiger partial charge on any atom is -0.382 e. The Morgan fingerprint density at radius 2 is 2.00 bits per heavy atom. The first-order chi connectivity index (χ1) is 8.99. The van der Waals surface area contributed by atoms with Crippen LogP contribution in [0.2, 0.25) is 0 Å². The summed E-state index contributed by atoms with van der Waals surface area (Å²) in [6.45, 7) is 8.41. The number of rotatable bonds is 3. The van der Waals surface area contributed by atoms with Gasteiger partial charge in [0.05, 0.1) is 5.92 Å². The molecule has 0 radical (unpaired) electrons. The molecular weight excluding hydrogens is 236 g/mol.